The summed E-state index contributed by atoms with van der Waals surface area (Å²) in [5, 5.41) is 10.2. The second-order valence-electron chi connectivity index (χ2n) is 8.14. The highest BCUT2D eigenvalue weighted by Crippen LogP contribution is 2.34. The SMILES string of the molecule is COc1ccc(-c2cn(-c3ccccc3)nc2C(=O)NC(C)C(=O)NCc2ccccc2)cc1OC. The van der Waals surface area contributed by atoms with Crippen molar-refractivity contribution < 1.29 is 19.1 Å². The van der Waals surface area contributed by atoms with Crippen molar-refractivity contribution in [3.05, 3.63) is 96.3 Å². The molecule has 1 aromatic heterocycles. The number of rotatable bonds is 9. The molecule has 0 radical (unpaired) electrons. The van der Waals surface area contributed by atoms with Crippen LogP contribution in [0.2, 0.25) is 0 Å². The van der Waals surface area contributed by atoms with Gasteiger partial charge in [-0.2, -0.15) is 5.10 Å². The van der Waals surface area contributed by atoms with Gasteiger partial charge in [-0.05, 0) is 42.3 Å². The number of carbonyl (C=O) groups is 2. The molecule has 1 unspecified atom stereocenters. The molecule has 0 aliphatic rings. The van der Waals surface area contributed by atoms with Crippen LogP contribution in [0, 0.1) is 0 Å². The number of aromatic nitrogens is 2. The van der Waals surface area contributed by atoms with E-state index >= 15 is 0 Å². The largest absolute Gasteiger partial charge is 0.493 e. The van der Waals surface area contributed by atoms with Crippen molar-refractivity contribution in [2.75, 3.05) is 14.2 Å². The van der Waals surface area contributed by atoms with Crippen molar-refractivity contribution in [3.8, 4) is 28.3 Å². The van der Waals surface area contributed by atoms with Crippen LogP contribution < -0.4 is 20.1 Å². The van der Waals surface area contributed by atoms with E-state index in [1.807, 2.05) is 66.7 Å². The number of hydrogen-bond acceptors (Lipinski definition) is 5. The van der Waals surface area contributed by atoms with E-state index in [4.69, 9.17) is 9.47 Å². The van der Waals surface area contributed by atoms with Crippen LogP contribution in [0.1, 0.15) is 23.0 Å². The smallest absolute Gasteiger partial charge is 0.273 e. The van der Waals surface area contributed by atoms with Crippen LogP contribution in [0.15, 0.2) is 85.1 Å². The number of benzene rings is 3. The Morgan fingerprint density at radius 3 is 2.25 bits per heavy atom. The third-order valence-electron chi connectivity index (χ3n) is 5.70. The summed E-state index contributed by atoms with van der Waals surface area (Å²) in [7, 11) is 3.12. The summed E-state index contributed by atoms with van der Waals surface area (Å²) in [6, 6.07) is 23.7. The lowest BCUT2D eigenvalue weighted by Crippen LogP contribution is -2.44. The molecule has 2 amide bonds. The minimum absolute atomic E-state index is 0.189. The van der Waals surface area contributed by atoms with Gasteiger partial charge < -0.3 is 20.1 Å². The molecule has 0 saturated heterocycles. The van der Waals surface area contributed by atoms with Crippen molar-refractivity contribution in [2.45, 2.75) is 19.5 Å². The second kappa shape index (κ2) is 11.2. The molecule has 8 nitrogen and oxygen atoms in total. The molecule has 8 heteroatoms. The lowest BCUT2D eigenvalue weighted by Gasteiger charge is -2.14. The fourth-order valence-electron chi connectivity index (χ4n) is 3.74. The maximum absolute atomic E-state index is 13.3. The monoisotopic (exact) mass is 484 g/mol. The van der Waals surface area contributed by atoms with Crippen LogP contribution in [-0.2, 0) is 11.3 Å². The summed E-state index contributed by atoms with van der Waals surface area (Å²) < 4.78 is 12.4. The van der Waals surface area contributed by atoms with Crippen molar-refractivity contribution >= 4 is 11.8 Å². The van der Waals surface area contributed by atoms with E-state index in [2.05, 4.69) is 15.7 Å². The second-order valence-corrected chi connectivity index (χ2v) is 8.14. The molecular formula is C28H28N4O4. The first-order valence-electron chi connectivity index (χ1n) is 11.5. The number of hydrogen-bond donors (Lipinski definition) is 2. The topological polar surface area (TPSA) is 94.5 Å². The summed E-state index contributed by atoms with van der Waals surface area (Å²) in [4.78, 5) is 26.0. The Labute approximate surface area is 209 Å². The van der Waals surface area contributed by atoms with Crippen molar-refractivity contribution in [3.63, 3.8) is 0 Å². The van der Waals surface area contributed by atoms with Gasteiger partial charge in [-0.3, -0.25) is 9.59 Å². The Morgan fingerprint density at radius 2 is 1.58 bits per heavy atom. The summed E-state index contributed by atoms with van der Waals surface area (Å²) in [6.07, 6.45) is 1.78. The highest BCUT2D eigenvalue weighted by atomic mass is 16.5. The van der Waals surface area contributed by atoms with E-state index in [1.54, 1.807) is 44.2 Å². The number of ether oxygens (including phenoxy) is 2. The van der Waals surface area contributed by atoms with Gasteiger partial charge in [0, 0.05) is 18.3 Å². The van der Waals surface area contributed by atoms with E-state index in [0.717, 1.165) is 16.8 Å². The molecule has 0 spiro atoms. The van der Waals surface area contributed by atoms with E-state index in [-0.39, 0.29) is 11.6 Å². The average Bonchev–Trinajstić information content (AvgIpc) is 3.38. The first-order valence-corrected chi connectivity index (χ1v) is 11.5. The summed E-state index contributed by atoms with van der Waals surface area (Å²) in [5.41, 5.74) is 3.28. The first-order chi connectivity index (χ1) is 17.5. The van der Waals surface area contributed by atoms with Gasteiger partial charge in [0.15, 0.2) is 17.2 Å². The van der Waals surface area contributed by atoms with Gasteiger partial charge in [0.1, 0.15) is 6.04 Å². The third kappa shape index (κ3) is 5.55. The van der Waals surface area contributed by atoms with Crippen LogP contribution in [-0.4, -0.2) is 41.9 Å². The van der Waals surface area contributed by atoms with Crippen molar-refractivity contribution in [2.24, 2.45) is 0 Å². The standard InChI is InChI=1S/C28H28N4O4/c1-19(27(33)29-17-20-10-6-4-7-11-20)30-28(34)26-23(18-32(31-26)22-12-8-5-9-13-22)21-14-15-24(35-2)25(16-21)36-3/h4-16,18-19H,17H2,1-3H3,(H,29,33)(H,30,34). The fraction of sp³-hybridized carbons (Fsp3) is 0.179. The molecule has 3 aromatic carbocycles. The number of nitrogens with zero attached hydrogens (tertiary/aromatic N) is 2. The van der Waals surface area contributed by atoms with E-state index < -0.39 is 11.9 Å². The maximum atomic E-state index is 13.3. The highest BCUT2D eigenvalue weighted by molar-refractivity contribution is 6.01. The lowest BCUT2D eigenvalue weighted by molar-refractivity contribution is -0.122. The summed E-state index contributed by atoms with van der Waals surface area (Å²) in [5.74, 6) is 0.355. The first kappa shape index (κ1) is 24.5. The van der Waals surface area contributed by atoms with Crippen LogP contribution in [0.5, 0.6) is 11.5 Å². The molecular weight excluding hydrogens is 456 g/mol. The zero-order valence-electron chi connectivity index (χ0n) is 20.4. The Hall–Kier alpha value is -4.59. The Morgan fingerprint density at radius 1 is 0.917 bits per heavy atom. The lowest BCUT2D eigenvalue weighted by atomic mass is 10.0. The molecule has 0 saturated carbocycles. The van der Waals surface area contributed by atoms with Gasteiger partial charge in [-0.25, -0.2) is 4.68 Å². The van der Waals surface area contributed by atoms with Crippen LogP contribution in [0.25, 0.3) is 16.8 Å². The molecule has 1 heterocycles. The van der Waals surface area contributed by atoms with Crippen molar-refractivity contribution in [1.82, 2.24) is 20.4 Å². The number of para-hydroxylation sites is 1. The van der Waals surface area contributed by atoms with E-state index in [0.29, 0.717) is 23.6 Å². The molecule has 2 N–H and O–H groups in total. The Kier molecular flexibility index (Phi) is 7.65. The maximum Gasteiger partial charge on any atom is 0.273 e. The Bertz CT molecular complexity index is 1340. The zero-order chi connectivity index (χ0) is 25.5. The highest BCUT2D eigenvalue weighted by Gasteiger charge is 2.23. The molecule has 0 fully saturated rings. The van der Waals surface area contributed by atoms with Crippen LogP contribution in [0.4, 0.5) is 0 Å². The number of nitrogens with one attached hydrogen (secondary N) is 2. The zero-order valence-corrected chi connectivity index (χ0v) is 20.4. The summed E-state index contributed by atoms with van der Waals surface area (Å²) >= 11 is 0. The van der Waals surface area contributed by atoms with Gasteiger partial charge in [-0.15, -0.1) is 0 Å². The molecule has 0 aliphatic carbocycles. The minimum atomic E-state index is -0.763. The van der Waals surface area contributed by atoms with Gasteiger partial charge in [0.2, 0.25) is 5.91 Å². The molecule has 0 bridgehead atoms. The Balaban J connectivity index is 1.60. The minimum Gasteiger partial charge on any atom is -0.493 e. The molecule has 1 atom stereocenters. The van der Waals surface area contributed by atoms with E-state index in [9.17, 15) is 9.59 Å². The predicted octanol–water partition coefficient (Wildman–Crippen LogP) is 3.99. The normalized spacial score (nSPS) is 11.4. The average molecular weight is 485 g/mol. The van der Waals surface area contributed by atoms with Crippen LogP contribution in [0.3, 0.4) is 0 Å². The number of amides is 2. The number of methoxy groups -OCH3 is 2. The van der Waals surface area contributed by atoms with Crippen LogP contribution >= 0.6 is 0 Å². The predicted molar refractivity (Wildman–Crippen MR) is 137 cm³/mol. The fourth-order valence-corrected chi connectivity index (χ4v) is 3.74. The number of carbonyl (C=O) groups excluding carboxylic acids is 2. The molecule has 36 heavy (non-hydrogen) atoms. The molecule has 4 rings (SSSR count). The third-order valence-corrected chi connectivity index (χ3v) is 5.70. The van der Waals surface area contributed by atoms with Gasteiger partial charge >= 0.3 is 0 Å². The van der Waals surface area contributed by atoms with E-state index in [1.165, 1.54) is 0 Å². The van der Waals surface area contributed by atoms with Gasteiger partial charge in [-0.1, -0.05) is 54.6 Å². The van der Waals surface area contributed by atoms with Gasteiger partial charge in [0.05, 0.1) is 19.9 Å². The quantitative estimate of drug-likeness (QED) is 0.375. The van der Waals surface area contributed by atoms with Crippen molar-refractivity contribution in [1.29, 1.82) is 0 Å². The molecule has 0 aliphatic heterocycles. The summed E-state index contributed by atoms with van der Waals surface area (Å²) in [6.45, 7) is 2.02. The molecule has 184 valence electrons. The van der Waals surface area contributed by atoms with Gasteiger partial charge in [0.25, 0.3) is 5.91 Å². The molecule has 4 aromatic rings.